The first-order valence-corrected chi connectivity index (χ1v) is 5.88. The number of hydrogen-bond acceptors (Lipinski definition) is 4. The molecule has 2 unspecified atom stereocenters. The van der Waals surface area contributed by atoms with Crippen LogP contribution in [0.25, 0.3) is 0 Å². The lowest BCUT2D eigenvalue weighted by Crippen LogP contribution is -2.42. The minimum absolute atomic E-state index is 0.0803. The molecule has 1 saturated carbocycles. The van der Waals surface area contributed by atoms with E-state index in [0.717, 1.165) is 19.3 Å². The summed E-state index contributed by atoms with van der Waals surface area (Å²) in [4.78, 5) is 15.9. The van der Waals surface area contributed by atoms with Crippen LogP contribution in [0.4, 0.5) is 0 Å². The molecule has 98 valence electrons. The van der Waals surface area contributed by atoms with Crippen molar-refractivity contribution >= 4 is 11.7 Å². The summed E-state index contributed by atoms with van der Waals surface area (Å²) in [5.74, 6) is -0.0902. The zero-order chi connectivity index (χ0) is 13.1. The van der Waals surface area contributed by atoms with Crippen LogP contribution in [0.3, 0.4) is 0 Å². The fourth-order valence-electron chi connectivity index (χ4n) is 2.38. The first-order valence-electron chi connectivity index (χ1n) is 5.88. The number of imidazole rings is 1. The Labute approximate surface area is 105 Å². The highest BCUT2D eigenvalue weighted by atomic mass is 16.4. The van der Waals surface area contributed by atoms with Gasteiger partial charge < -0.3 is 20.8 Å². The molecule has 2 rings (SSSR count). The van der Waals surface area contributed by atoms with Gasteiger partial charge in [0.25, 0.3) is 5.91 Å². The molecule has 1 heterocycles. The van der Waals surface area contributed by atoms with Gasteiger partial charge in [-0.25, -0.2) is 4.98 Å². The molecule has 4 N–H and O–H groups in total. The molecule has 1 aromatic rings. The van der Waals surface area contributed by atoms with Crippen molar-refractivity contribution in [3.05, 3.63) is 18.2 Å². The summed E-state index contributed by atoms with van der Waals surface area (Å²) in [6.45, 7) is 0. The van der Waals surface area contributed by atoms with Crippen molar-refractivity contribution in [3.8, 4) is 0 Å². The summed E-state index contributed by atoms with van der Waals surface area (Å²) >= 11 is 0. The van der Waals surface area contributed by atoms with Gasteiger partial charge in [-0.05, 0) is 12.8 Å². The monoisotopic (exact) mass is 251 g/mol. The van der Waals surface area contributed by atoms with Gasteiger partial charge in [0.2, 0.25) is 0 Å². The lowest BCUT2D eigenvalue weighted by Gasteiger charge is -2.19. The molecule has 1 fully saturated rings. The van der Waals surface area contributed by atoms with Gasteiger partial charge in [-0.3, -0.25) is 4.79 Å². The zero-order valence-corrected chi connectivity index (χ0v) is 10.2. The summed E-state index contributed by atoms with van der Waals surface area (Å²) < 4.78 is 1.66. The molecule has 0 spiro atoms. The number of aryl methyl sites for hydroxylation is 1. The van der Waals surface area contributed by atoms with Crippen LogP contribution in [-0.4, -0.2) is 32.5 Å². The van der Waals surface area contributed by atoms with Crippen molar-refractivity contribution in [1.82, 2.24) is 14.9 Å². The maximum Gasteiger partial charge on any atom is 0.269 e. The van der Waals surface area contributed by atoms with Crippen LogP contribution in [0.15, 0.2) is 17.7 Å². The first-order chi connectivity index (χ1) is 8.63. The normalized spacial score (nSPS) is 24.2. The van der Waals surface area contributed by atoms with Crippen molar-refractivity contribution in [1.29, 1.82) is 0 Å². The minimum Gasteiger partial charge on any atom is -0.409 e. The molecule has 1 amide bonds. The second-order valence-electron chi connectivity index (χ2n) is 4.53. The molecule has 0 aliphatic heterocycles. The van der Waals surface area contributed by atoms with Gasteiger partial charge in [-0.2, -0.15) is 0 Å². The number of amidine groups is 1. The molecule has 7 heteroatoms. The van der Waals surface area contributed by atoms with Gasteiger partial charge in [0.05, 0.1) is 12.5 Å². The average Bonchev–Trinajstić information content (AvgIpc) is 2.97. The fraction of sp³-hybridized carbons (Fsp3) is 0.545. The lowest BCUT2D eigenvalue weighted by molar-refractivity contribution is 0.0925. The maximum atomic E-state index is 12.0. The summed E-state index contributed by atoms with van der Waals surface area (Å²) in [6, 6.07) is -0.0803. The number of rotatable bonds is 3. The second kappa shape index (κ2) is 5.07. The molecule has 0 radical (unpaired) electrons. The number of carbonyl (C=O) groups is 1. The summed E-state index contributed by atoms with van der Waals surface area (Å²) in [6.07, 6.45) is 5.71. The van der Waals surface area contributed by atoms with E-state index in [0.29, 0.717) is 5.69 Å². The van der Waals surface area contributed by atoms with Gasteiger partial charge in [-0.15, -0.1) is 0 Å². The number of amides is 1. The third kappa shape index (κ3) is 2.29. The molecule has 1 aliphatic rings. The number of nitrogens with one attached hydrogen (secondary N) is 1. The third-order valence-electron chi connectivity index (χ3n) is 3.38. The van der Waals surface area contributed by atoms with E-state index in [4.69, 9.17) is 10.9 Å². The van der Waals surface area contributed by atoms with Crippen LogP contribution in [0, 0.1) is 5.92 Å². The molecule has 18 heavy (non-hydrogen) atoms. The molecule has 1 aliphatic carbocycles. The molecule has 2 atom stereocenters. The fourth-order valence-corrected chi connectivity index (χ4v) is 2.38. The first kappa shape index (κ1) is 12.4. The van der Waals surface area contributed by atoms with E-state index < -0.39 is 0 Å². The number of carbonyl (C=O) groups excluding carboxylic acids is 1. The number of oxime groups is 1. The van der Waals surface area contributed by atoms with E-state index in [1.165, 1.54) is 6.20 Å². The summed E-state index contributed by atoms with van der Waals surface area (Å²) in [7, 11) is 1.76. The quantitative estimate of drug-likeness (QED) is 0.306. The Morgan fingerprint density at radius 3 is 3.06 bits per heavy atom. The SMILES string of the molecule is Cn1cncc1C(=O)NC1CCCC1/C(N)=N/O. The average molecular weight is 251 g/mol. The van der Waals surface area contributed by atoms with Gasteiger partial charge in [0, 0.05) is 19.0 Å². The number of hydrogen-bond donors (Lipinski definition) is 3. The predicted molar refractivity (Wildman–Crippen MR) is 65.2 cm³/mol. The van der Waals surface area contributed by atoms with Gasteiger partial charge in [-0.1, -0.05) is 11.6 Å². The van der Waals surface area contributed by atoms with Crippen molar-refractivity contribution in [2.45, 2.75) is 25.3 Å². The summed E-state index contributed by atoms with van der Waals surface area (Å²) in [5.41, 5.74) is 6.12. The number of aromatic nitrogens is 2. The van der Waals surface area contributed by atoms with Gasteiger partial charge in [0.1, 0.15) is 11.5 Å². The molecule has 0 saturated heterocycles. The van der Waals surface area contributed by atoms with Crippen molar-refractivity contribution in [3.63, 3.8) is 0 Å². The Bertz CT molecular complexity index is 468. The van der Waals surface area contributed by atoms with Crippen LogP contribution < -0.4 is 11.1 Å². The van der Waals surface area contributed by atoms with Crippen LogP contribution in [0.1, 0.15) is 29.8 Å². The number of nitrogens with two attached hydrogens (primary N) is 1. The van der Waals surface area contributed by atoms with Crippen LogP contribution >= 0.6 is 0 Å². The van der Waals surface area contributed by atoms with Crippen LogP contribution in [-0.2, 0) is 7.05 Å². The smallest absolute Gasteiger partial charge is 0.269 e. The molecule has 0 aromatic carbocycles. The standard InChI is InChI=1S/C11H17N5O2/c1-16-6-13-5-9(16)11(17)14-8-4-2-3-7(8)10(12)15-18/h5-8,18H,2-4H2,1H3,(H2,12,15)(H,14,17). The van der Waals surface area contributed by atoms with Gasteiger partial charge in [0.15, 0.2) is 0 Å². The molecule has 1 aromatic heterocycles. The highest BCUT2D eigenvalue weighted by Crippen LogP contribution is 2.26. The van der Waals surface area contributed by atoms with E-state index >= 15 is 0 Å². The maximum absolute atomic E-state index is 12.0. The highest BCUT2D eigenvalue weighted by molar-refractivity contribution is 5.93. The van der Waals surface area contributed by atoms with E-state index in [-0.39, 0.29) is 23.7 Å². The lowest BCUT2D eigenvalue weighted by atomic mass is 10.0. The molecular formula is C11H17N5O2. The van der Waals surface area contributed by atoms with E-state index in [2.05, 4.69) is 15.5 Å². The summed E-state index contributed by atoms with van der Waals surface area (Å²) in [5, 5.41) is 14.7. The topological polar surface area (TPSA) is 106 Å². The Hall–Kier alpha value is -2.05. The Kier molecular flexibility index (Phi) is 3.50. The van der Waals surface area contributed by atoms with Crippen molar-refractivity contribution in [2.24, 2.45) is 23.9 Å². The highest BCUT2D eigenvalue weighted by Gasteiger charge is 2.32. The molecular weight excluding hydrogens is 234 g/mol. The Morgan fingerprint density at radius 1 is 1.67 bits per heavy atom. The van der Waals surface area contributed by atoms with Crippen LogP contribution in [0.5, 0.6) is 0 Å². The van der Waals surface area contributed by atoms with E-state index in [1.807, 2.05) is 0 Å². The van der Waals surface area contributed by atoms with E-state index in [1.54, 1.807) is 17.9 Å². The van der Waals surface area contributed by atoms with E-state index in [9.17, 15) is 4.79 Å². The zero-order valence-electron chi connectivity index (χ0n) is 10.2. The minimum atomic E-state index is -0.183. The second-order valence-corrected chi connectivity index (χ2v) is 4.53. The largest absolute Gasteiger partial charge is 0.409 e. The predicted octanol–water partition coefficient (Wildman–Crippen LogP) is 0.0650. The molecule has 0 bridgehead atoms. The third-order valence-corrected chi connectivity index (χ3v) is 3.38. The van der Waals surface area contributed by atoms with Crippen molar-refractivity contribution < 1.29 is 10.0 Å². The van der Waals surface area contributed by atoms with Crippen molar-refractivity contribution in [2.75, 3.05) is 0 Å². The van der Waals surface area contributed by atoms with Gasteiger partial charge >= 0.3 is 0 Å². The number of nitrogens with zero attached hydrogens (tertiary/aromatic N) is 3. The Balaban J connectivity index is 2.05. The molecule has 7 nitrogen and oxygen atoms in total. The Morgan fingerprint density at radius 2 is 2.44 bits per heavy atom. The van der Waals surface area contributed by atoms with Crippen LogP contribution in [0.2, 0.25) is 0 Å².